The van der Waals surface area contributed by atoms with Crippen LogP contribution < -0.4 is 5.32 Å². The molecule has 0 unspecified atom stereocenters. The van der Waals surface area contributed by atoms with E-state index < -0.39 is 0 Å². The molecule has 0 saturated heterocycles. The molecule has 0 amide bonds. The maximum atomic E-state index is 5.88. The highest BCUT2D eigenvalue weighted by Gasteiger charge is 2.35. The number of nitrogens with zero attached hydrogens (tertiary/aromatic N) is 2. The fourth-order valence-electron chi connectivity index (χ4n) is 2.59. The number of likely N-dealkylation sites (N-methyl/N-ethyl adjacent to an activating group) is 1. The van der Waals surface area contributed by atoms with Crippen molar-refractivity contribution in [3.05, 3.63) is 23.5 Å². The maximum Gasteiger partial charge on any atom is 0.131 e. The summed E-state index contributed by atoms with van der Waals surface area (Å²) in [6.07, 6.45) is 6.94. The van der Waals surface area contributed by atoms with E-state index in [1.54, 1.807) is 6.20 Å². The van der Waals surface area contributed by atoms with E-state index in [4.69, 9.17) is 11.6 Å². The third-order valence-corrected chi connectivity index (χ3v) is 4.04. The summed E-state index contributed by atoms with van der Waals surface area (Å²) >= 11 is 5.88. The largest absolute Gasteiger partial charge is 0.383 e. The minimum atomic E-state index is 0.301. The lowest BCUT2D eigenvalue weighted by molar-refractivity contribution is 0.172. The Morgan fingerprint density at radius 2 is 2.12 bits per heavy atom. The molecule has 94 valence electrons. The molecule has 0 bridgehead atoms. The van der Waals surface area contributed by atoms with E-state index in [1.807, 2.05) is 12.1 Å². The maximum absolute atomic E-state index is 5.88. The molecule has 0 spiro atoms. The molecule has 1 saturated carbocycles. The fraction of sp³-hybridized carbons (Fsp3) is 0.615. The van der Waals surface area contributed by atoms with Gasteiger partial charge in [-0.2, -0.15) is 0 Å². The van der Waals surface area contributed by atoms with Gasteiger partial charge in [-0.05, 0) is 39.1 Å². The molecule has 4 heteroatoms. The number of pyridine rings is 1. The van der Waals surface area contributed by atoms with Gasteiger partial charge in [-0.25, -0.2) is 4.98 Å². The van der Waals surface area contributed by atoms with Crippen LogP contribution in [-0.4, -0.2) is 36.1 Å². The van der Waals surface area contributed by atoms with Gasteiger partial charge < -0.3 is 10.2 Å². The summed E-state index contributed by atoms with van der Waals surface area (Å²) in [6, 6.07) is 3.84. The highest BCUT2D eigenvalue weighted by Crippen LogP contribution is 2.33. The van der Waals surface area contributed by atoms with Crippen molar-refractivity contribution in [3.63, 3.8) is 0 Å². The molecular weight excluding hydrogens is 234 g/mol. The molecule has 0 atom stereocenters. The molecule has 17 heavy (non-hydrogen) atoms. The average molecular weight is 254 g/mol. The highest BCUT2D eigenvalue weighted by molar-refractivity contribution is 6.29. The van der Waals surface area contributed by atoms with Crippen LogP contribution in [-0.2, 0) is 0 Å². The molecule has 1 aliphatic carbocycles. The van der Waals surface area contributed by atoms with Crippen LogP contribution in [0.1, 0.15) is 25.7 Å². The van der Waals surface area contributed by atoms with Gasteiger partial charge in [0.25, 0.3) is 0 Å². The van der Waals surface area contributed by atoms with E-state index in [0.717, 1.165) is 12.2 Å². The van der Waals surface area contributed by atoms with Crippen LogP contribution in [0.4, 0.5) is 5.69 Å². The molecular formula is C13H20ClN3. The van der Waals surface area contributed by atoms with Crippen molar-refractivity contribution < 1.29 is 0 Å². The van der Waals surface area contributed by atoms with Gasteiger partial charge >= 0.3 is 0 Å². The van der Waals surface area contributed by atoms with Crippen LogP contribution in [0.25, 0.3) is 0 Å². The van der Waals surface area contributed by atoms with Gasteiger partial charge in [0.1, 0.15) is 5.15 Å². The van der Waals surface area contributed by atoms with Crippen LogP contribution >= 0.6 is 11.6 Å². The number of aromatic nitrogens is 1. The van der Waals surface area contributed by atoms with Crippen LogP contribution in [0, 0.1) is 0 Å². The van der Waals surface area contributed by atoms with Crippen LogP contribution in [0.2, 0.25) is 5.15 Å². The second kappa shape index (κ2) is 5.23. The normalized spacial score (nSPS) is 18.6. The Hall–Kier alpha value is -0.800. The Bertz CT molecular complexity index is 373. The van der Waals surface area contributed by atoms with Gasteiger partial charge in [0.05, 0.1) is 0 Å². The minimum Gasteiger partial charge on any atom is -0.383 e. The van der Waals surface area contributed by atoms with Gasteiger partial charge in [-0.15, -0.1) is 0 Å². The summed E-state index contributed by atoms with van der Waals surface area (Å²) in [7, 11) is 4.35. The molecule has 1 heterocycles. The summed E-state index contributed by atoms with van der Waals surface area (Å²) in [4.78, 5) is 6.34. The van der Waals surface area contributed by atoms with E-state index in [-0.39, 0.29) is 0 Å². The number of hydrogen-bond donors (Lipinski definition) is 1. The highest BCUT2D eigenvalue weighted by atomic mass is 35.5. The first-order valence-corrected chi connectivity index (χ1v) is 6.53. The number of rotatable bonds is 4. The second-order valence-corrected chi connectivity index (χ2v) is 5.43. The van der Waals surface area contributed by atoms with Crippen LogP contribution in [0.3, 0.4) is 0 Å². The van der Waals surface area contributed by atoms with Crippen molar-refractivity contribution in [3.8, 4) is 0 Å². The molecule has 1 aromatic rings. The smallest absolute Gasteiger partial charge is 0.131 e. The van der Waals surface area contributed by atoms with Gasteiger partial charge in [-0.3, -0.25) is 0 Å². The van der Waals surface area contributed by atoms with Gasteiger partial charge in [0, 0.05) is 24.0 Å². The Morgan fingerprint density at radius 3 is 2.71 bits per heavy atom. The predicted octanol–water partition coefficient (Wildman–Crippen LogP) is 3.02. The third-order valence-electron chi connectivity index (χ3n) is 3.83. The molecule has 1 fully saturated rings. The molecule has 0 aliphatic heterocycles. The lowest BCUT2D eigenvalue weighted by Gasteiger charge is -2.36. The standard InChI is InChI=1S/C13H20ClN3/c1-17(2)13(6-3-4-7-13)10-16-11-5-8-15-12(14)9-11/h5,8-9H,3-4,6-7,10H2,1-2H3,(H,15,16). The summed E-state index contributed by atoms with van der Waals surface area (Å²) in [5, 5.41) is 4.03. The summed E-state index contributed by atoms with van der Waals surface area (Å²) < 4.78 is 0. The average Bonchev–Trinajstić information content (AvgIpc) is 2.76. The van der Waals surface area contributed by atoms with E-state index in [1.165, 1.54) is 25.7 Å². The topological polar surface area (TPSA) is 28.2 Å². The second-order valence-electron chi connectivity index (χ2n) is 5.05. The molecule has 0 radical (unpaired) electrons. The van der Waals surface area contributed by atoms with Crippen molar-refractivity contribution >= 4 is 17.3 Å². The zero-order valence-electron chi connectivity index (χ0n) is 10.5. The summed E-state index contributed by atoms with van der Waals surface area (Å²) in [5.41, 5.74) is 1.36. The lowest BCUT2D eigenvalue weighted by Crippen LogP contribution is -2.47. The first-order chi connectivity index (χ1) is 8.12. The quantitative estimate of drug-likeness (QED) is 0.836. The molecule has 1 aliphatic rings. The number of nitrogens with one attached hydrogen (secondary N) is 1. The van der Waals surface area contributed by atoms with Crippen LogP contribution in [0.5, 0.6) is 0 Å². The molecule has 1 N–H and O–H groups in total. The fourth-order valence-corrected chi connectivity index (χ4v) is 2.77. The Balaban J connectivity index is 2.01. The zero-order valence-corrected chi connectivity index (χ0v) is 11.3. The van der Waals surface area contributed by atoms with Crippen LogP contribution in [0.15, 0.2) is 18.3 Å². The lowest BCUT2D eigenvalue weighted by atomic mass is 9.96. The minimum absolute atomic E-state index is 0.301. The third kappa shape index (κ3) is 2.90. The zero-order chi connectivity index (χ0) is 12.3. The van der Waals surface area contributed by atoms with Crippen molar-refractivity contribution in [2.24, 2.45) is 0 Å². The monoisotopic (exact) mass is 253 g/mol. The SMILES string of the molecule is CN(C)C1(CNc2ccnc(Cl)c2)CCCC1. The Labute approximate surface area is 108 Å². The molecule has 1 aromatic heterocycles. The first-order valence-electron chi connectivity index (χ1n) is 6.15. The van der Waals surface area contributed by atoms with Crippen molar-refractivity contribution in [2.45, 2.75) is 31.2 Å². The van der Waals surface area contributed by atoms with Gasteiger partial charge in [-0.1, -0.05) is 24.4 Å². The van der Waals surface area contributed by atoms with Crippen molar-refractivity contribution in [2.75, 3.05) is 26.0 Å². The van der Waals surface area contributed by atoms with Crippen molar-refractivity contribution in [1.29, 1.82) is 0 Å². The Kier molecular flexibility index (Phi) is 3.89. The van der Waals surface area contributed by atoms with E-state index >= 15 is 0 Å². The van der Waals surface area contributed by atoms with Gasteiger partial charge in [0.15, 0.2) is 0 Å². The molecule has 0 aromatic carbocycles. The van der Waals surface area contributed by atoms with Gasteiger partial charge in [0.2, 0.25) is 0 Å². The number of halogens is 1. The summed E-state index contributed by atoms with van der Waals surface area (Å²) in [5.74, 6) is 0. The predicted molar refractivity (Wildman–Crippen MR) is 72.6 cm³/mol. The van der Waals surface area contributed by atoms with E-state index in [2.05, 4.69) is 29.3 Å². The van der Waals surface area contributed by atoms with E-state index in [9.17, 15) is 0 Å². The molecule has 2 rings (SSSR count). The number of anilines is 1. The van der Waals surface area contributed by atoms with E-state index in [0.29, 0.717) is 10.7 Å². The molecule has 3 nitrogen and oxygen atoms in total. The summed E-state index contributed by atoms with van der Waals surface area (Å²) in [6.45, 7) is 0.973. The Morgan fingerprint density at radius 1 is 1.41 bits per heavy atom. The van der Waals surface area contributed by atoms with Crippen molar-refractivity contribution in [1.82, 2.24) is 9.88 Å². The first kappa shape index (κ1) is 12.7. The number of hydrogen-bond acceptors (Lipinski definition) is 3.